The van der Waals surface area contributed by atoms with Crippen LogP contribution in [0.2, 0.25) is 0 Å². The highest BCUT2D eigenvalue weighted by atomic mass is 16.7. The fourth-order valence-corrected chi connectivity index (χ4v) is 3.83. The molecule has 1 amide bonds. The number of rotatable bonds is 3. The van der Waals surface area contributed by atoms with Crippen LogP contribution in [0.5, 0.6) is 0 Å². The minimum absolute atomic E-state index is 0.222. The second-order valence-corrected chi connectivity index (χ2v) is 7.51. The van der Waals surface area contributed by atoms with Gasteiger partial charge in [0.1, 0.15) is 5.69 Å². The predicted octanol–water partition coefficient (Wildman–Crippen LogP) is 3.00. The molecule has 2 aromatic rings. The topological polar surface area (TPSA) is 76.6 Å². The van der Waals surface area contributed by atoms with Crippen LogP contribution in [0, 0.1) is 20.8 Å². The van der Waals surface area contributed by atoms with Crippen LogP contribution in [0.4, 0.5) is 11.6 Å². The van der Waals surface area contributed by atoms with Crippen molar-refractivity contribution in [1.29, 1.82) is 0 Å². The van der Waals surface area contributed by atoms with Crippen LogP contribution >= 0.6 is 0 Å². The van der Waals surface area contributed by atoms with Crippen LogP contribution < -0.4 is 10.2 Å². The number of carbonyl (C=O) groups is 1. The van der Waals surface area contributed by atoms with Gasteiger partial charge in [0.15, 0.2) is 5.79 Å². The van der Waals surface area contributed by atoms with Crippen molar-refractivity contribution in [3.05, 3.63) is 46.8 Å². The molecular weight excluding hydrogens is 356 g/mol. The van der Waals surface area contributed by atoms with E-state index in [1.807, 2.05) is 39.0 Å². The lowest BCUT2D eigenvalue weighted by Gasteiger charge is -2.37. The van der Waals surface area contributed by atoms with E-state index in [4.69, 9.17) is 9.47 Å². The van der Waals surface area contributed by atoms with E-state index in [0.29, 0.717) is 24.9 Å². The number of nitrogens with one attached hydrogen (secondary N) is 1. The van der Waals surface area contributed by atoms with Crippen molar-refractivity contribution in [2.45, 2.75) is 39.4 Å². The Bertz CT molecular complexity index is 863. The van der Waals surface area contributed by atoms with Crippen molar-refractivity contribution in [3.8, 4) is 0 Å². The van der Waals surface area contributed by atoms with Gasteiger partial charge in [0.05, 0.1) is 13.2 Å². The van der Waals surface area contributed by atoms with Gasteiger partial charge in [0.2, 0.25) is 5.95 Å². The number of hydrogen-bond donors (Lipinski definition) is 1. The number of hydrogen-bond acceptors (Lipinski definition) is 6. The summed E-state index contributed by atoms with van der Waals surface area (Å²) in [5.74, 6) is -0.0808. The maximum absolute atomic E-state index is 12.8. The number of aromatic nitrogens is 2. The van der Waals surface area contributed by atoms with E-state index in [2.05, 4.69) is 20.2 Å². The van der Waals surface area contributed by atoms with Gasteiger partial charge in [0.25, 0.3) is 5.91 Å². The van der Waals surface area contributed by atoms with Crippen molar-refractivity contribution in [2.75, 3.05) is 36.5 Å². The van der Waals surface area contributed by atoms with E-state index in [-0.39, 0.29) is 5.91 Å². The zero-order chi connectivity index (χ0) is 19.7. The number of ether oxygens (including phenoxy) is 2. The molecule has 0 unspecified atom stereocenters. The van der Waals surface area contributed by atoms with Crippen LogP contribution in [0.25, 0.3) is 0 Å². The average Bonchev–Trinajstić information content (AvgIpc) is 3.13. The molecule has 3 heterocycles. The van der Waals surface area contributed by atoms with Gasteiger partial charge in [-0.25, -0.2) is 9.97 Å². The van der Waals surface area contributed by atoms with E-state index < -0.39 is 5.79 Å². The Morgan fingerprint density at radius 2 is 1.71 bits per heavy atom. The van der Waals surface area contributed by atoms with Crippen LogP contribution in [0.15, 0.2) is 24.3 Å². The third-order valence-corrected chi connectivity index (χ3v) is 5.42. The predicted molar refractivity (Wildman–Crippen MR) is 107 cm³/mol. The highest BCUT2D eigenvalue weighted by Gasteiger charge is 2.40. The molecule has 7 heteroatoms. The Balaban J connectivity index is 1.52. The lowest BCUT2D eigenvalue weighted by Crippen LogP contribution is -2.45. The molecule has 0 saturated carbocycles. The molecule has 0 aliphatic carbocycles. The van der Waals surface area contributed by atoms with Crippen molar-refractivity contribution in [3.63, 3.8) is 0 Å². The Kier molecular flexibility index (Phi) is 5.03. The van der Waals surface area contributed by atoms with Gasteiger partial charge < -0.3 is 19.7 Å². The first kappa shape index (κ1) is 18.8. The van der Waals surface area contributed by atoms with Gasteiger partial charge >= 0.3 is 0 Å². The lowest BCUT2D eigenvalue weighted by molar-refractivity contribution is -0.169. The first-order valence-corrected chi connectivity index (χ1v) is 9.72. The normalized spacial score (nSPS) is 18.5. The summed E-state index contributed by atoms with van der Waals surface area (Å²) in [6.07, 6.45) is 1.54. The third kappa shape index (κ3) is 3.72. The first-order valence-electron chi connectivity index (χ1n) is 9.72. The second-order valence-electron chi connectivity index (χ2n) is 7.51. The van der Waals surface area contributed by atoms with Crippen molar-refractivity contribution in [1.82, 2.24) is 9.97 Å². The monoisotopic (exact) mass is 382 g/mol. The highest BCUT2D eigenvalue weighted by Crippen LogP contribution is 2.32. The number of carbonyl (C=O) groups excluding carboxylic acids is 1. The number of nitrogens with zero attached hydrogens (tertiary/aromatic N) is 3. The summed E-state index contributed by atoms with van der Waals surface area (Å²) in [7, 11) is 0. The summed E-state index contributed by atoms with van der Waals surface area (Å²) in [6.45, 7) is 8.64. The van der Waals surface area contributed by atoms with E-state index in [1.54, 1.807) is 6.07 Å². The zero-order valence-electron chi connectivity index (χ0n) is 16.6. The van der Waals surface area contributed by atoms with E-state index >= 15 is 0 Å². The van der Waals surface area contributed by atoms with Crippen LogP contribution in [0.1, 0.15) is 40.2 Å². The standard InChI is InChI=1S/C21H26N4O3/c1-14-5-4-6-15(2)18(14)24-19(26)17-13-16(3)22-20(23-17)25-9-7-21(8-10-25)27-11-12-28-21/h4-6,13H,7-12H2,1-3H3,(H,24,26). The first-order chi connectivity index (χ1) is 13.5. The second kappa shape index (κ2) is 7.48. The van der Waals surface area contributed by atoms with Gasteiger partial charge in [-0.3, -0.25) is 4.79 Å². The molecule has 0 radical (unpaired) electrons. The Morgan fingerprint density at radius 1 is 1.07 bits per heavy atom. The Labute approximate surface area is 165 Å². The molecule has 0 atom stereocenters. The summed E-state index contributed by atoms with van der Waals surface area (Å²) in [4.78, 5) is 24.0. The molecule has 148 valence electrons. The maximum atomic E-state index is 12.8. The molecule has 0 bridgehead atoms. The highest BCUT2D eigenvalue weighted by molar-refractivity contribution is 6.04. The fourth-order valence-electron chi connectivity index (χ4n) is 3.83. The molecule has 4 rings (SSSR count). The number of para-hydroxylation sites is 1. The fraction of sp³-hybridized carbons (Fsp3) is 0.476. The number of piperidine rings is 1. The summed E-state index contributed by atoms with van der Waals surface area (Å²) < 4.78 is 11.6. The minimum atomic E-state index is -0.442. The molecule has 28 heavy (non-hydrogen) atoms. The summed E-state index contributed by atoms with van der Waals surface area (Å²) in [5, 5.41) is 3.00. The smallest absolute Gasteiger partial charge is 0.274 e. The van der Waals surface area contributed by atoms with Gasteiger partial charge in [-0.1, -0.05) is 18.2 Å². The van der Waals surface area contributed by atoms with Gasteiger partial charge in [-0.15, -0.1) is 0 Å². The van der Waals surface area contributed by atoms with Crippen molar-refractivity contribution in [2.24, 2.45) is 0 Å². The quantitative estimate of drug-likeness (QED) is 0.879. The minimum Gasteiger partial charge on any atom is -0.347 e. The molecule has 2 fully saturated rings. The molecule has 2 aliphatic rings. The van der Waals surface area contributed by atoms with Crippen molar-refractivity contribution >= 4 is 17.5 Å². The number of amides is 1. The van der Waals surface area contributed by atoms with E-state index in [0.717, 1.165) is 48.4 Å². The SMILES string of the molecule is Cc1cc(C(=O)Nc2c(C)cccc2C)nc(N2CCC3(CC2)OCCO3)n1. The molecule has 7 nitrogen and oxygen atoms in total. The van der Waals surface area contributed by atoms with Gasteiger partial charge in [-0.05, 0) is 38.0 Å². The summed E-state index contributed by atoms with van der Waals surface area (Å²) in [6, 6.07) is 7.67. The van der Waals surface area contributed by atoms with Crippen LogP contribution in [0.3, 0.4) is 0 Å². The Morgan fingerprint density at radius 3 is 2.36 bits per heavy atom. The van der Waals surface area contributed by atoms with Gasteiger partial charge in [0, 0.05) is 37.3 Å². The van der Waals surface area contributed by atoms with Crippen molar-refractivity contribution < 1.29 is 14.3 Å². The van der Waals surface area contributed by atoms with Crippen LogP contribution in [-0.2, 0) is 9.47 Å². The van der Waals surface area contributed by atoms with E-state index in [1.165, 1.54) is 0 Å². The molecular formula is C21H26N4O3. The summed E-state index contributed by atoms with van der Waals surface area (Å²) >= 11 is 0. The molecule has 2 aliphatic heterocycles. The molecule has 1 N–H and O–H groups in total. The number of benzene rings is 1. The summed E-state index contributed by atoms with van der Waals surface area (Å²) in [5.41, 5.74) is 4.03. The lowest BCUT2D eigenvalue weighted by atomic mass is 10.0. The molecule has 1 aromatic carbocycles. The maximum Gasteiger partial charge on any atom is 0.274 e. The number of anilines is 2. The van der Waals surface area contributed by atoms with E-state index in [9.17, 15) is 4.79 Å². The Hall–Kier alpha value is -2.51. The third-order valence-electron chi connectivity index (χ3n) is 5.42. The number of aryl methyl sites for hydroxylation is 3. The van der Waals surface area contributed by atoms with Gasteiger partial charge in [-0.2, -0.15) is 0 Å². The zero-order valence-corrected chi connectivity index (χ0v) is 16.6. The molecule has 2 saturated heterocycles. The molecule has 1 spiro atoms. The largest absolute Gasteiger partial charge is 0.347 e. The van der Waals surface area contributed by atoms with Crippen LogP contribution in [-0.4, -0.2) is 48.0 Å². The molecule has 1 aromatic heterocycles. The average molecular weight is 382 g/mol.